The van der Waals surface area contributed by atoms with Crippen LogP contribution in [0.25, 0.3) is 0 Å². The number of carbonyl (C=O) groups is 2. The first-order valence-electron chi connectivity index (χ1n) is 6.74. The van der Waals surface area contributed by atoms with Gasteiger partial charge in [-0.25, -0.2) is 9.59 Å². The van der Waals surface area contributed by atoms with Gasteiger partial charge in [0.15, 0.2) is 0 Å². The van der Waals surface area contributed by atoms with Crippen LogP contribution in [0.4, 0.5) is 9.59 Å². The lowest BCUT2D eigenvalue weighted by atomic mass is 10.3. The van der Waals surface area contributed by atoms with Crippen molar-refractivity contribution in [3.05, 3.63) is 0 Å². The summed E-state index contributed by atoms with van der Waals surface area (Å²) in [5, 5.41) is 7.85. The van der Waals surface area contributed by atoms with Gasteiger partial charge in [0.25, 0.3) is 0 Å². The van der Waals surface area contributed by atoms with Crippen molar-refractivity contribution in [2.75, 3.05) is 14.1 Å². The molecule has 0 spiro atoms. The highest BCUT2D eigenvalue weighted by atomic mass is 32.2. The molecule has 1 unspecified atom stereocenters. The minimum atomic E-state index is -0.693. The summed E-state index contributed by atoms with van der Waals surface area (Å²) in [7, 11) is 3.02. The van der Waals surface area contributed by atoms with E-state index in [-0.39, 0.29) is 10.9 Å². The molecule has 0 aliphatic heterocycles. The molecule has 0 aliphatic carbocycles. The van der Waals surface area contributed by atoms with Gasteiger partial charge >= 0.3 is 18.1 Å². The minimum absolute atomic E-state index is 0.206. The maximum absolute atomic E-state index is 12.2. The Kier molecular flexibility index (Phi) is 7.56. The van der Waals surface area contributed by atoms with Crippen LogP contribution in [0.15, 0.2) is 0 Å². The summed E-state index contributed by atoms with van der Waals surface area (Å²) in [5.41, 5.74) is 0. The average Bonchev–Trinajstić information content (AvgIpc) is 2.35. The molecule has 0 aromatic heterocycles. The molecule has 0 fully saturated rings. The van der Waals surface area contributed by atoms with E-state index in [1.807, 2.05) is 27.7 Å². The van der Waals surface area contributed by atoms with E-state index in [0.717, 1.165) is 0 Å². The lowest BCUT2D eigenvalue weighted by Gasteiger charge is -2.27. The van der Waals surface area contributed by atoms with Crippen molar-refractivity contribution in [1.82, 2.24) is 14.5 Å². The van der Waals surface area contributed by atoms with Gasteiger partial charge in [0.1, 0.15) is 0 Å². The van der Waals surface area contributed by atoms with Crippen LogP contribution in [0.3, 0.4) is 0 Å². The van der Waals surface area contributed by atoms with Crippen LogP contribution in [0.5, 0.6) is 0 Å². The highest BCUT2D eigenvalue weighted by molar-refractivity contribution is 7.99. The summed E-state index contributed by atoms with van der Waals surface area (Å²) in [4.78, 5) is 26.2. The molecule has 0 aromatic rings. The van der Waals surface area contributed by atoms with Gasteiger partial charge < -0.3 is 9.64 Å². The fourth-order valence-corrected chi connectivity index (χ4v) is 1.52. The molecule has 0 saturated heterocycles. The highest BCUT2D eigenvalue weighted by Gasteiger charge is 2.30. The predicted molar refractivity (Wildman–Crippen MR) is 85.4 cm³/mol. The highest BCUT2D eigenvalue weighted by Crippen LogP contribution is 2.20. The Morgan fingerprint density at radius 3 is 2.24 bits per heavy atom. The number of imide groups is 1. The minimum Gasteiger partial charge on any atom is -0.462 e. The number of hydrogen-bond donors (Lipinski definition) is 2. The van der Waals surface area contributed by atoms with Crippen LogP contribution in [0.1, 0.15) is 41.0 Å². The van der Waals surface area contributed by atoms with Gasteiger partial charge in [-0.05, 0) is 46.1 Å². The molecule has 1 atom stereocenters. The summed E-state index contributed by atoms with van der Waals surface area (Å²) in [6, 6.07) is -1.80. The van der Waals surface area contributed by atoms with Gasteiger partial charge in [-0.1, -0.05) is 6.92 Å². The molecule has 0 aromatic carbocycles. The van der Waals surface area contributed by atoms with E-state index >= 15 is 0 Å². The number of rotatable bonds is 3. The Morgan fingerprint density at radius 1 is 1.33 bits per heavy atom. The molecule has 0 rings (SSSR count). The van der Waals surface area contributed by atoms with Gasteiger partial charge in [0.2, 0.25) is 0 Å². The third-order valence-electron chi connectivity index (χ3n) is 2.31. The van der Waals surface area contributed by atoms with Gasteiger partial charge in [0.05, 0.1) is 6.10 Å². The number of ether oxygens (including phenoxy) is 1. The first kappa shape index (κ1) is 19.6. The number of nitrogens with zero attached hydrogens (tertiary/aromatic N) is 2. The van der Waals surface area contributed by atoms with Gasteiger partial charge in [-0.2, -0.15) is 4.90 Å². The zero-order valence-electron chi connectivity index (χ0n) is 13.8. The van der Waals surface area contributed by atoms with E-state index in [2.05, 4.69) is 4.72 Å². The Balaban J connectivity index is 5.02. The largest absolute Gasteiger partial charge is 0.462 e. The zero-order valence-corrected chi connectivity index (χ0v) is 14.6. The van der Waals surface area contributed by atoms with Crippen LogP contribution in [0, 0.1) is 5.41 Å². The van der Waals surface area contributed by atoms with Gasteiger partial charge in [0, 0.05) is 18.8 Å². The van der Waals surface area contributed by atoms with Gasteiger partial charge in [-0.3, -0.25) is 10.1 Å². The molecular formula is C13H26N4O3S. The lowest BCUT2D eigenvalue weighted by molar-refractivity contribution is 0.149. The SMILES string of the molecule is CCC(C)OC(=N)N(C(=O)NSC(C)(C)C)C(=O)N(C)C. The zero-order chi connectivity index (χ0) is 16.8. The van der Waals surface area contributed by atoms with Crippen LogP contribution in [0.2, 0.25) is 0 Å². The molecule has 0 radical (unpaired) electrons. The standard InChI is InChI=1S/C13H26N4O3S/c1-8-9(2)20-10(14)17(12(19)16(6)7)11(18)15-21-13(3,4)5/h9,14H,8H2,1-7H3,(H,15,18). The molecule has 8 heteroatoms. The quantitative estimate of drug-likeness (QED) is 0.476. The number of urea groups is 2. The van der Waals surface area contributed by atoms with Crippen molar-refractivity contribution in [3.8, 4) is 0 Å². The summed E-state index contributed by atoms with van der Waals surface area (Å²) in [5.74, 6) is 0. The summed E-state index contributed by atoms with van der Waals surface area (Å²) in [6.07, 6.45) is 0.420. The Bertz CT molecular complexity index is 393. The summed E-state index contributed by atoms with van der Waals surface area (Å²) in [6.45, 7) is 9.45. The average molecular weight is 318 g/mol. The summed E-state index contributed by atoms with van der Waals surface area (Å²) < 4.78 is 7.64. The van der Waals surface area contributed by atoms with E-state index in [1.165, 1.54) is 30.9 Å². The normalized spacial score (nSPS) is 12.3. The van der Waals surface area contributed by atoms with Crippen molar-refractivity contribution in [1.29, 1.82) is 5.41 Å². The topological polar surface area (TPSA) is 85.7 Å². The Morgan fingerprint density at radius 2 is 1.86 bits per heavy atom. The maximum atomic E-state index is 12.2. The molecule has 0 heterocycles. The smallest absolute Gasteiger partial charge is 0.343 e. The number of amidine groups is 1. The van der Waals surface area contributed by atoms with Crippen LogP contribution >= 0.6 is 11.9 Å². The van der Waals surface area contributed by atoms with Gasteiger partial charge in [-0.15, -0.1) is 0 Å². The van der Waals surface area contributed by atoms with Crippen LogP contribution in [-0.2, 0) is 4.74 Å². The maximum Gasteiger partial charge on any atom is 0.343 e. The van der Waals surface area contributed by atoms with Crippen LogP contribution in [-0.4, -0.2) is 52.8 Å². The third-order valence-corrected chi connectivity index (χ3v) is 3.20. The number of nitrogens with one attached hydrogen (secondary N) is 2. The summed E-state index contributed by atoms with van der Waals surface area (Å²) >= 11 is 1.18. The molecule has 2 N–H and O–H groups in total. The van der Waals surface area contributed by atoms with E-state index in [1.54, 1.807) is 6.92 Å². The molecule has 0 saturated carbocycles. The van der Waals surface area contributed by atoms with Crippen molar-refractivity contribution in [2.24, 2.45) is 0 Å². The fraction of sp³-hybridized carbons (Fsp3) is 0.769. The monoisotopic (exact) mass is 318 g/mol. The molecular weight excluding hydrogens is 292 g/mol. The van der Waals surface area contributed by atoms with Crippen molar-refractivity contribution >= 4 is 30.0 Å². The molecule has 7 nitrogen and oxygen atoms in total. The second-order valence-electron chi connectivity index (χ2n) is 5.78. The molecule has 122 valence electrons. The van der Waals surface area contributed by atoms with Crippen molar-refractivity contribution in [2.45, 2.75) is 51.9 Å². The first-order valence-corrected chi connectivity index (χ1v) is 7.55. The molecule has 0 aliphatic rings. The number of amides is 4. The fourth-order valence-electron chi connectivity index (χ4n) is 1.03. The third kappa shape index (κ3) is 7.22. The van der Waals surface area contributed by atoms with Crippen LogP contribution < -0.4 is 4.72 Å². The second kappa shape index (κ2) is 8.11. The van der Waals surface area contributed by atoms with E-state index in [9.17, 15) is 9.59 Å². The Labute approximate surface area is 131 Å². The van der Waals surface area contributed by atoms with Crippen molar-refractivity contribution < 1.29 is 14.3 Å². The lowest BCUT2D eigenvalue weighted by Crippen LogP contribution is -2.51. The van der Waals surface area contributed by atoms with E-state index in [4.69, 9.17) is 10.1 Å². The molecule has 21 heavy (non-hydrogen) atoms. The van der Waals surface area contributed by atoms with E-state index in [0.29, 0.717) is 11.3 Å². The Hall–Kier alpha value is -1.44. The number of carbonyl (C=O) groups excluding carboxylic acids is 2. The predicted octanol–water partition coefficient (Wildman–Crippen LogP) is 2.88. The molecule has 4 amide bonds. The molecule has 0 bridgehead atoms. The van der Waals surface area contributed by atoms with E-state index < -0.39 is 18.1 Å². The number of hydrogen-bond acceptors (Lipinski definition) is 5. The second-order valence-corrected chi connectivity index (χ2v) is 7.41. The van der Waals surface area contributed by atoms with Crippen molar-refractivity contribution in [3.63, 3.8) is 0 Å². The first-order chi connectivity index (χ1) is 9.49.